The molecule has 0 rings (SSSR count). The number of hydrogen-bond acceptors (Lipinski definition) is 2. The summed E-state index contributed by atoms with van der Waals surface area (Å²) in [5, 5.41) is 17.5. The molecule has 0 radical (unpaired) electrons. The van der Waals surface area contributed by atoms with Gasteiger partial charge in [0, 0.05) is 0 Å². The van der Waals surface area contributed by atoms with E-state index in [0.717, 1.165) is 5.75 Å². The summed E-state index contributed by atoms with van der Waals surface area (Å²) in [6.45, 7) is 6.64. The van der Waals surface area contributed by atoms with Crippen LogP contribution < -0.4 is 0 Å². The molecule has 74 valence electrons. The zero-order chi connectivity index (χ0) is 9.99. The lowest BCUT2D eigenvalue weighted by atomic mass is 9.88. The van der Waals surface area contributed by atoms with Crippen LogP contribution >= 0.6 is 10.0 Å². The Bertz CT molecular complexity index is 140. The van der Waals surface area contributed by atoms with Gasteiger partial charge in [0.25, 0.3) is 0 Å². The van der Waals surface area contributed by atoms with E-state index in [9.17, 15) is 0 Å². The van der Waals surface area contributed by atoms with Crippen molar-refractivity contribution < 1.29 is 10.0 Å². The summed E-state index contributed by atoms with van der Waals surface area (Å²) in [7, 11) is -1.85. The van der Waals surface area contributed by atoms with Crippen molar-refractivity contribution in [2.45, 2.75) is 31.8 Å². The van der Waals surface area contributed by atoms with E-state index in [1.165, 1.54) is 0 Å². The van der Waals surface area contributed by atoms with Gasteiger partial charge >= 0.3 is 7.12 Å². The Hall–Kier alpha value is 0.335. The minimum Gasteiger partial charge on any atom is -0.427 e. The van der Waals surface area contributed by atoms with Crippen molar-refractivity contribution in [3.8, 4) is 0 Å². The third-order valence-electron chi connectivity index (χ3n) is 2.54. The Kier molecular flexibility index (Phi) is 4.14. The second-order valence-electron chi connectivity index (χ2n) is 4.62. The van der Waals surface area contributed by atoms with Crippen molar-refractivity contribution >= 4 is 17.1 Å². The summed E-state index contributed by atoms with van der Waals surface area (Å²) >= 11 is 0. The highest BCUT2D eigenvalue weighted by molar-refractivity contribution is 8.33. The predicted octanol–water partition coefficient (Wildman–Crippen LogP) is 1.32. The van der Waals surface area contributed by atoms with E-state index < -0.39 is 17.1 Å². The highest BCUT2D eigenvalue weighted by atomic mass is 32.3. The van der Waals surface area contributed by atoms with Crippen LogP contribution in [0.15, 0.2) is 0 Å². The van der Waals surface area contributed by atoms with Crippen molar-refractivity contribution in [1.29, 1.82) is 0 Å². The average Bonchev–Trinajstić information content (AvgIpc) is 1.81. The highest BCUT2D eigenvalue weighted by Crippen LogP contribution is 2.53. The molecule has 2 nitrogen and oxygen atoms in total. The minimum absolute atomic E-state index is 0.294. The smallest absolute Gasteiger partial charge is 0.427 e. The molecular weight excluding hydrogens is 171 g/mol. The summed E-state index contributed by atoms with van der Waals surface area (Å²) in [5.74, 6) is 0.925. The van der Waals surface area contributed by atoms with E-state index in [2.05, 4.69) is 33.3 Å². The summed E-state index contributed by atoms with van der Waals surface area (Å²) in [4.78, 5) is 0. The van der Waals surface area contributed by atoms with E-state index >= 15 is 0 Å². The molecule has 0 heterocycles. The summed E-state index contributed by atoms with van der Waals surface area (Å²) in [5.41, 5.74) is 0. The first-order valence-electron chi connectivity index (χ1n) is 4.23. The third kappa shape index (κ3) is 3.83. The molecule has 0 aliphatic carbocycles. The van der Waals surface area contributed by atoms with Gasteiger partial charge in [-0.2, -0.15) is 0 Å². The fourth-order valence-electron chi connectivity index (χ4n) is 0.706. The van der Waals surface area contributed by atoms with Crippen molar-refractivity contribution in [3.63, 3.8) is 0 Å². The quantitative estimate of drug-likeness (QED) is 0.662. The zero-order valence-electron chi connectivity index (χ0n) is 8.79. The standard InChI is InChI=1S/C8H21BO2S/c1-8(2,3)12(4,5)7-6-9(10)11/h10-11H,6-7H2,1-5H3. The van der Waals surface area contributed by atoms with Gasteiger partial charge in [-0.1, -0.05) is 20.8 Å². The maximum absolute atomic E-state index is 8.75. The van der Waals surface area contributed by atoms with Crippen LogP contribution in [0.4, 0.5) is 0 Å². The summed E-state index contributed by atoms with van der Waals surface area (Å²) < 4.78 is 0.294. The van der Waals surface area contributed by atoms with E-state index in [4.69, 9.17) is 10.0 Å². The monoisotopic (exact) mass is 192 g/mol. The lowest BCUT2D eigenvalue weighted by Gasteiger charge is -2.44. The molecule has 0 saturated heterocycles. The van der Waals surface area contributed by atoms with Gasteiger partial charge in [0.15, 0.2) is 0 Å². The molecule has 4 heteroatoms. The van der Waals surface area contributed by atoms with E-state index in [-0.39, 0.29) is 0 Å². The molecular formula is C8H21BO2S. The molecule has 0 saturated carbocycles. The van der Waals surface area contributed by atoms with Crippen molar-refractivity contribution in [2.24, 2.45) is 0 Å². The lowest BCUT2D eigenvalue weighted by Crippen LogP contribution is -2.27. The van der Waals surface area contributed by atoms with Gasteiger partial charge < -0.3 is 10.0 Å². The third-order valence-corrected chi connectivity index (χ3v) is 7.12. The number of hydrogen-bond donors (Lipinski definition) is 2. The molecule has 0 amide bonds. The van der Waals surface area contributed by atoms with Gasteiger partial charge in [-0.15, -0.1) is 0 Å². The Balaban J connectivity index is 4.05. The van der Waals surface area contributed by atoms with Crippen molar-refractivity contribution in [1.82, 2.24) is 0 Å². The van der Waals surface area contributed by atoms with Crippen LogP contribution in [0.25, 0.3) is 0 Å². The van der Waals surface area contributed by atoms with Crippen molar-refractivity contribution in [3.05, 3.63) is 0 Å². The molecule has 0 spiro atoms. The Morgan fingerprint density at radius 3 is 1.83 bits per heavy atom. The molecule has 0 aliphatic rings. The zero-order valence-corrected chi connectivity index (χ0v) is 9.61. The molecule has 0 aromatic rings. The normalized spacial score (nSPS) is 14.6. The van der Waals surface area contributed by atoms with E-state index in [1.54, 1.807) is 0 Å². The molecule has 0 unspecified atom stereocenters. The molecule has 0 fully saturated rings. The van der Waals surface area contributed by atoms with Gasteiger partial charge in [-0.05, 0) is 29.3 Å². The number of rotatable bonds is 3. The lowest BCUT2D eigenvalue weighted by molar-refractivity contribution is 0.408. The summed E-state index contributed by atoms with van der Waals surface area (Å²) in [6.07, 6.45) is 4.99. The first-order chi connectivity index (χ1) is 5.17. The topological polar surface area (TPSA) is 40.5 Å². The average molecular weight is 192 g/mol. The van der Waals surface area contributed by atoms with Crippen LogP contribution in [0.5, 0.6) is 0 Å². The first-order valence-corrected chi connectivity index (χ1v) is 6.85. The van der Waals surface area contributed by atoms with Crippen LogP contribution in [0.3, 0.4) is 0 Å². The van der Waals surface area contributed by atoms with Crippen LogP contribution in [-0.4, -0.2) is 40.2 Å². The Labute approximate surface area is 77.8 Å². The van der Waals surface area contributed by atoms with E-state index in [1.807, 2.05) is 0 Å². The molecule has 0 atom stereocenters. The van der Waals surface area contributed by atoms with Gasteiger partial charge in [0.2, 0.25) is 0 Å². The first kappa shape index (κ1) is 12.3. The van der Waals surface area contributed by atoms with Gasteiger partial charge in [0.05, 0.1) is 0 Å². The van der Waals surface area contributed by atoms with Crippen LogP contribution in [0.2, 0.25) is 6.32 Å². The molecule has 12 heavy (non-hydrogen) atoms. The summed E-state index contributed by atoms with van der Waals surface area (Å²) in [6, 6.07) is 0. The Morgan fingerprint density at radius 1 is 1.17 bits per heavy atom. The van der Waals surface area contributed by atoms with Crippen molar-refractivity contribution in [2.75, 3.05) is 18.3 Å². The SMILES string of the molecule is CC(C)(C)S(C)(C)CCB(O)O. The Morgan fingerprint density at radius 2 is 1.58 bits per heavy atom. The largest absolute Gasteiger partial charge is 0.452 e. The molecule has 0 aromatic heterocycles. The molecule has 0 bridgehead atoms. The van der Waals surface area contributed by atoms with Gasteiger partial charge in [-0.25, -0.2) is 10.0 Å². The van der Waals surface area contributed by atoms with Gasteiger partial charge in [-0.3, -0.25) is 0 Å². The molecule has 0 aromatic carbocycles. The minimum atomic E-state index is -1.14. The fraction of sp³-hybridized carbons (Fsp3) is 1.00. The molecule has 0 aliphatic heterocycles. The van der Waals surface area contributed by atoms with Crippen LogP contribution in [0.1, 0.15) is 20.8 Å². The van der Waals surface area contributed by atoms with E-state index in [0.29, 0.717) is 11.1 Å². The highest BCUT2D eigenvalue weighted by Gasteiger charge is 2.28. The predicted molar refractivity (Wildman–Crippen MR) is 59.1 cm³/mol. The van der Waals surface area contributed by atoms with Gasteiger partial charge in [0.1, 0.15) is 0 Å². The fourth-order valence-corrected chi connectivity index (χ4v) is 2.12. The van der Waals surface area contributed by atoms with Crippen LogP contribution in [0, 0.1) is 0 Å². The van der Waals surface area contributed by atoms with Crippen LogP contribution in [-0.2, 0) is 0 Å². The maximum Gasteiger partial charge on any atom is 0.452 e. The maximum atomic E-state index is 8.75. The second kappa shape index (κ2) is 4.03. The molecule has 2 N–H and O–H groups in total. The second-order valence-corrected chi connectivity index (χ2v) is 9.33.